The third-order valence-electron chi connectivity index (χ3n) is 10.4. The van der Waals surface area contributed by atoms with Gasteiger partial charge in [-0.3, -0.25) is 19.1 Å². The molecule has 2 unspecified atom stereocenters. The van der Waals surface area contributed by atoms with Crippen LogP contribution in [0.25, 0.3) is 11.4 Å². The van der Waals surface area contributed by atoms with Gasteiger partial charge in [0.1, 0.15) is 17.4 Å². The van der Waals surface area contributed by atoms with Gasteiger partial charge in [0.05, 0.1) is 24.4 Å². The standard InChI is InChI=1S/C34H45N7O8S/c1-5-7-21-18-34(21,32(44)39-50(46,47)25-14-15-25)36-31(43)27-17-22(41-38-30(37-40-41)20-10-12-23(48-4)13-11-20)16-26(27)29(42)28(19(2)3)35-33(45)49-24-8-6-9-24/h5,10-13,19,21-22,24-28H,1,6-9,14-18H2,2-4H3,(H,35,45)(H,36,43)(H,39,44)/t21-,22+,26?,27-,28?,34+/m1/s1. The molecule has 6 rings (SSSR count). The first-order valence-electron chi connectivity index (χ1n) is 17.3. The van der Waals surface area contributed by atoms with Gasteiger partial charge in [0.25, 0.3) is 5.91 Å². The quantitative estimate of drug-likeness (QED) is 0.230. The SMILES string of the molecule is C=CC[C@@H]1C[C@@]1(NC(=O)[C@@H]1C[C@@H](n2nnc(-c3ccc(OC)cc3)n2)CC1C(=O)C(NC(=O)OC1CCC1)C(C)C)C(=O)NS(=O)(=O)C1CC1. The third kappa shape index (κ3) is 7.39. The van der Waals surface area contributed by atoms with Crippen molar-refractivity contribution in [2.24, 2.45) is 23.7 Å². The fourth-order valence-electron chi connectivity index (χ4n) is 6.94. The number of carbonyl (C=O) groups excluding carboxylic acids is 4. The Bertz CT molecular complexity index is 1740. The van der Waals surface area contributed by atoms with E-state index in [0.717, 1.165) is 19.3 Å². The Morgan fingerprint density at radius 3 is 2.38 bits per heavy atom. The van der Waals surface area contributed by atoms with Crippen LogP contribution in [0.15, 0.2) is 36.9 Å². The highest BCUT2D eigenvalue weighted by molar-refractivity contribution is 7.91. The van der Waals surface area contributed by atoms with E-state index < -0.39 is 62.6 Å². The van der Waals surface area contributed by atoms with Gasteiger partial charge in [0, 0.05) is 17.4 Å². The fraction of sp³-hybridized carbons (Fsp3) is 0.618. The molecule has 4 aliphatic rings. The summed E-state index contributed by atoms with van der Waals surface area (Å²) >= 11 is 0. The van der Waals surface area contributed by atoms with Crippen molar-refractivity contribution in [1.29, 1.82) is 0 Å². The van der Waals surface area contributed by atoms with Gasteiger partial charge in [-0.15, -0.1) is 16.8 Å². The second-order valence-corrected chi connectivity index (χ2v) is 16.2. The van der Waals surface area contributed by atoms with Gasteiger partial charge in [0.15, 0.2) is 5.78 Å². The molecule has 50 heavy (non-hydrogen) atoms. The van der Waals surface area contributed by atoms with Gasteiger partial charge >= 0.3 is 6.09 Å². The van der Waals surface area contributed by atoms with Gasteiger partial charge in [-0.25, -0.2) is 13.2 Å². The summed E-state index contributed by atoms with van der Waals surface area (Å²) in [4.78, 5) is 56.3. The van der Waals surface area contributed by atoms with Crippen LogP contribution in [0.5, 0.6) is 5.75 Å². The number of aromatic nitrogens is 4. The van der Waals surface area contributed by atoms with Gasteiger partial charge < -0.3 is 20.1 Å². The molecule has 270 valence electrons. The smallest absolute Gasteiger partial charge is 0.408 e. The highest BCUT2D eigenvalue weighted by Gasteiger charge is 2.62. The monoisotopic (exact) mass is 711 g/mol. The number of amides is 3. The predicted molar refractivity (Wildman–Crippen MR) is 180 cm³/mol. The molecule has 15 nitrogen and oxygen atoms in total. The van der Waals surface area contributed by atoms with E-state index in [1.807, 2.05) is 0 Å². The Labute approximate surface area is 291 Å². The number of Topliss-reactive ketones (excluding diaryl/α,β-unsaturated/α-hetero) is 1. The van der Waals surface area contributed by atoms with Crippen molar-refractivity contribution in [1.82, 2.24) is 35.6 Å². The molecule has 4 aliphatic carbocycles. The van der Waals surface area contributed by atoms with Gasteiger partial charge in [0.2, 0.25) is 21.8 Å². The normalized spacial score (nSPS) is 26.7. The Hall–Kier alpha value is -4.34. The van der Waals surface area contributed by atoms with E-state index >= 15 is 0 Å². The number of rotatable bonds is 15. The minimum atomic E-state index is -3.87. The molecule has 1 aromatic heterocycles. The second-order valence-electron chi connectivity index (χ2n) is 14.3. The lowest BCUT2D eigenvalue weighted by molar-refractivity contribution is -0.136. The Balaban J connectivity index is 1.25. The molecular formula is C34H45N7O8S. The number of ether oxygens (including phenoxy) is 2. The largest absolute Gasteiger partial charge is 0.497 e. The van der Waals surface area contributed by atoms with E-state index in [1.165, 1.54) is 4.80 Å². The average molecular weight is 712 g/mol. The molecule has 3 amide bonds. The first-order valence-corrected chi connectivity index (χ1v) is 18.8. The summed E-state index contributed by atoms with van der Waals surface area (Å²) in [5.74, 6) is -3.20. The van der Waals surface area contributed by atoms with Crippen LogP contribution in [0.1, 0.15) is 77.7 Å². The zero-order valence-electron chi connectivity index (χ0n) is 28.5. The molecule has 0 aliphatic heterocycles. The number of sulfonamides is 1. The molecule has 16 heteroatoms. The molecule has 3 N–H and O–H groups in total. The molecule has 4 fully saturated rings. The number of hydrogen-bond donors (Lipinski definition) is 3. The van der Waals surface area contributed by atoms with Crippen LogP contribution >= 0.6 is 0 Å². The van der Waals surface area contributed by atoms with E-state index in [2.05, 4.69) is 37.3 Å². The number of tetrazole rings is 1. The maximum Gasteiger partial charge on any atom is 0.408 e. The minimum Gasteiger partial charge on any atom is -0.497 e. The highest BCUT2D eigenvalue weighted by Crippen LogP contribution is 2.48. The first kappa shape index (κ1) is 35.5. The molecule has 1 aromatic carbocycles. The van der Waals surface area contributed by atoms with Crippen LogP contribution in [-0.2, 0) is 29.1 Å². The Morgan fingerprint density at radius 2 is 1.78 bits per heavy atom. The van der Waals surface area contributed by atoms with E-state index in [9.17, 15) is 27.6 Å². The number of nitrogens with one attached hydrogen (secondary N) is 3. The van der Waals surface area contributed by atoms with Crippen molar-refractivity contribution in [3.63, 3.8) is 0 Å². The summed E-state index contributed by atoms with van der Waals surface area (Å²) in [5.41, 5.74) is -0.768. The van der Waals surface area contributed by atoms with E-state index in [-0.39, 0.29) is 43.0 Å². The number of nitrogens with zero attached hydrogens (tertiary/aromatic N) is 4. The van der Waals surface area contributed by atoms with Crippen LogP contribution in [0.2, 0.25) is 0 Å². The maximum atomic E-state index is 14.3. The second kappa shape index (κ2) is 14.1. The van der Waals surface area contributed by atoms with Crippen molar-refractivity contribution in [2.45, 2.75) is 101 Å². The lowest BCUT2D eigenvalue weighted by Crippen LogP contribution is -2.55. The van der Waals surface area contributed by atoms with Gasteiger partial charge in [-0.05, 0) is 99.1 Å². The number of alkyl carbamates (subject to hydrolysis) is 1. The van der Waals surface area contributed by atoms with E-state index in [0.29, 0.717) is 36.4 Å². The molecule has 0 radical (unpaired) electrons. The lowest BCUT2D eigenvalue weighted by Gasteiger charge is -2.30. The molecule has 2 aromatic rings. The topological polar surface area (TPSA) is 201 Å². The number of carbonyl (C=O) groups is 4. The minimum absolute atomic E-state index is 0.141. The van der Waals surface area contributed by atoms with Crippen LogP contribution in [0, 0.1) is 23.7 Å². The summed E-state index contributed by atoms with van der Waals surface area (Å²) in [7, 11) is -2.30. The maximum absolute atomic E-state index is 14.3. The van der Waals surface area contributed by atoms with Crippen molar-refractivity contribution < 1.29 is 37.1 Å². The summed E-state index contributed by atoms with van der Waals surface area (Å²) in [6.45, 7) is 7.36. The van der Waals surface area contributed by atoms with Crippen LogP contribution < -0.4 is 20.1 Å². The molecule has 0 bridgehead atoms. The fourth-order valence-corrected chi connectivity index (χ4v) is 8.30. The predicted octanol–water partition coefficient (Wildman–Crippen LogP) is 2.85. The molecule has 6 atom stereocenters. The number of allylic oxidation sites excluding steroid dienone is 1. The number of hydrogen-bond acceptors (Lipinski definition) is 11. The zero-order chi connectivity index (χ0) is 35.8. The van der Waals surface area contributed by atoms with E-state index in [1.54, 1.807) is 51.3 Å². The van der Waals surface area contributed by atoms with E-state index in [4.69, 9.17) is 9.47 Å². The van der Waals surface area contributed by atoms with Gasteiger partial charge in [-0.2, -0.15) is 4.80 Å². The molecular weight excluding hydrogens is 666 g/mol. The van der Waals surface area contributed by atoms with Crippen LogP contribution in [-0.4, -0.2) is 82.4 Å². The lowest BCUT2D eigenvalue weighted by atomic mass is 9.84. The summed E-state index contributed by atoms with van der Waals surface area (Å²) in [6, 6.07) is 5.67. The average Bonchev–Trinajstić information content (AvgIpc) is 3.93. The first-order chi connectivity index (χ1) is 23.8. The van der Waals surface area contributed by atoms with Crippen LogP contribution in [0.3, 0.4) is 0 Å². The van der Waals surface area contributed by atoms with Crippen molar-refractivity contribution >= 4 is 33.7 Å². The zero-order valence-corrected chi connectivity index (χ0v) is 29.4. The van der Waals surface area contributed by atoms with Crippen molar-refractivity contribution in [3.8, 4) is 17.1 Å². The summed E-state index contributed by atoms with van der Waals surface area (Å²) in [6.07, 6.45) is 5.14. The highest BCUT2D eigenvalue weighted by atomic mass is 32.2. The third-order valence-corrected chi connectivity index (χ3v) is 12.2. The number of ketones is 1. The molecule has 4 saturated carbocycles. The van der Waals surface area contributed by atoms with Gasteiger partial charge in [-0.1, -0.05) is 19.9 Å². The molecule has 0 saturated heterocycles. The van der Waals surface area contributed by atoms with Crippen molar-refractivity contribution in [2.75, 3.05) is 7.11 Å². The molecule has 1 heterocycles. The molecule has 0 spiro atoms. The summed E-state index contributed by atoms with van der Waals surface area (Å²) < 4.78 is 38.3. The summed E-state index contributed by atoms with van der Waals surface area (Å²) in [5, 5.41) is 18.0. The number of benzene rings is 1. The number of methoxy groups -OCH3 is 1. The van der Waals surface area contributed by atoms with Crippen molar-refractivity contribution in [3.05, 3.63) is 36.9 Å². The Morgan fingerprint density at radius 1 is 1.08 bits per heavy atom. The Kier molecular flexibility index (Phi) is 10.0. The van der Waals surface area contributed by atoms with Crippen LogP contribution in [0.4, 0.5) is 4.79 Å².